The minimum atomic E-state index is -0.581. The van der Waals surface area contributed by atoms with E-state index in [4.69, 9.17) is 0 Å². The van der Waals surface area contributed by atoms with Crippen molar-refractivity contribution in [1.29, 1.82) is 0 Å². The Kier molecular flexibility index (Phi) is 6.84. The molecule has 1 aliphatic heterocycles. The number of anilines is 4. The molecule has 2 aromatic heterocycles. The number of hydrogen-bond acceptors (Lipinski definition) is 9. The molecule has 3 aromatic rings. The molecule has 195 valence electrons. The number of aryl methyl sites for hydroxylation is 1. The fourth-order valence-corrected chi connectivity index (χ4v) is 4.73. The monoisotopic (exact) mass is 508 g/mol. The molecule has 1 aliphatic rings. The van der Waals surface area contributed by atoms with Crippen molar-refractivity contribution in [3.63, 3.8) is 0 Å². The van der Waals surface area contributed by atoms with Crippen LogP contribution in [0.5, 0.6) is 0 Å². The van der Waals surface area contributed by atoms with Crippen LogP contribution in [0.25, 0.3) is 0 Å². The van der Waals surface area contributed by atoms with Gasteiger partial charge in [0, 0.05) is 40.1 Å². The molecule has 37 heavy (non-hydrogen) atoms. The van der Waals surface area contributed by atoms with E-state index in [2.05, 4.69) is 36.1 Å². The SMILES string of the molecule is Cc1cc(Nc2nc(Nc3ccc(C(=O)NC4CC(C)(C)N([O])C(C)(C)C4)cc3)ncc2[N+](=O)[O-])n[nH]1. The molecule has 4 N–H and O–H groups in total. The van der Waals surface area contributed by atoms with Gasteiger partial charge in [0.1, 0.15) is 6.20 Å². The molecule has 1 radical (unpaired) electrons. The van der Waals surface area contributed by atoms with Crippen LogP contribution in [-0.4, -0.2) is 53.2 Å². The number of aromatic nitrogens is 4. The zero-order chi connectivity index (χ0) is 27.0. The van der Waals surface area contributed by atoms with Crippen LogP contribution in [0.15, 0.2) is 36.5 Å². The molecule has 13 nitrogen and oxygen atoms in total. The number of benzene rings is 1. The molecule has 0 atom stereocenters. The highest BCUT2D eigenvalue weighted by Gasteiger charge is 2.46. The van der Waals surface area contributed by atoms with E-state index in [1.54, 1.807) is 37.3 Å². The maximum atomic E-state index is 12.9. The fraction of sp³-hybridized carbons (Fsp3) is 0.417. The minimum Gasteiger partial charge on any atom is -0.349 e. The summed E-state index contributed by atoms with van der Waals surface area (Å²) >= 11 is 0. The molecule has 13 heteroatoms. The molecular weight excluding hydrogens is 478 g/mol. The van der Waals surface area contributed by atoms with Crippen LogP contribution in [0.2, 0.25) is 0 Å². The number of carbonyl (C=O) groups is 1. The lowest BCUT2D eigenvalue weighted by Gasteiger charge is -2.50. The highest BCUT2D eigenvalue weighted by molar-refractivity contribution is 5.94. The number of nitrogens with one attached hydrogen (secondary N) is 4. The number of amides is 1. The van der Waals surface area contributed by atoms with Crippen LogP contribution in [0.4, 0.5) is 29.0 Å². The Hall–Kier alpha value is -4.10. The van der Waals surface area contributed by atoms with Gasteiger partial charge in [0.15, 0.2) is 5.82 Å². The van der Waals surface area contributed by atoms with Gasteiger partial charge >= 0.3 is 5.69 Å². The average Bonchev–Trinajstić information content (AvgIpc) is 3.22. The summed E-state index contributed by atoms with van der Waals surface area (Å²) < 4.78 is 0. The summed E-state index contributed by atoms with van der Waals surface area (Å²) in [6.07, 6.45) is 2.21. The van der Waals surface area contributed by atoms with E-state index in [-0.39, 0.29) is 29.4 Å². The summed E-state index contributed by atoms with van der Waals surface area (Å²) in [5.41, 5.74) is 0.377. The number of piperidine rings is 1. The Morgan fingerprint density at radius 1 is 1.14 bits per heavy atom. The smallest absolute Gasteiger partial charge is 0.330 e. The summed E-state index contributed by atoms with van der Waals surface area (Å²) in [5.74, 6) is 0.273. The number of hydroxylamine groups is 2. The molecule has 0 spiro atoms. The van der Waals surface area contributed by atoms with E-state index in [1.807, 2.05) is 27.7 Å². The van der Waals surface area contributed by atoms with E-state index in [1.165, 1.54) is 0 Å². The highest BCUT2D eigenvalue weighted by Crippen LogP contribution is 2.37. The molecule has 1 amide bonds. The third kappa shape index (κ3) is 5.84. The third-order valence-electron chi connectivity index (χ3n) is 6.25. The van der Waals surface area contributed by atoms with Gasteiger partial charge in [-0.25, -0.2) is 4.98 Å². The van der Waals surface area contributed by atoms with Gasteiger partial charge in [-0.3, -0.25) is 20.0 Å². The highest BCUT2D eigenvalue weighted by atomic mass is 16.6. The molecule has 4 rings (SSSR count). The molecule has 1 fully saturated rings. The van der Waals surface area contributed by atoms with Crippen molar-refractivity contribution in [2.45, 2.75) is 64.6 Å². The molecule has 0 bridgehead atoms. The van der Waals surface area contributed by atoms with Crippen molar-refractivity contribution in [3.05, 3.63) is 57.9 Å². The van der Waals surface area contributed by atoms with Crippen LogP contribution in [-0.2, 0) is 5.21 Å². The summed E-state index contributed by atoms with van der Waals surface area (Å²) in [7, 11) is 0. The summed E-state index contributed by atoms with van der Waals surface area (Å²) in [4.78, 5) is 32.0. The maximum absolute atomic E-state index is 12.9. The van der Waals surface area contributed by atoms with Crippen molar-refractivity contribution in [2.75, 3.05) is 10.6 Å². The lowest BCUT2D eigenvalue weighted by atomic mass is 9.79. The number of hydrogen-bond donors (Lipinski definition) is 4. The van der Waals surface area contributed by atoms with Gasteiger partial charge in [-0.15, -0.1) is 10.3 Å². The van der Waals surface area contributed by atoms with Gasteiger partial charge < -0.3 is 16.0 Å². The summed E-state index contributed by atoms with van der Waals surface area (Å²) in [6, 6.07) is 8.27. The lowest BCUT2D eigenvalue weighted by molar-refractivity contribution is -0.384. The number of rotatable bonds is 7. The molecule has 1 saturated heterocycles. The quantitative estimate of drug-likeness (QED) is 0.271. The van der Waals surface area contributed by atoms with Crippen LogP contribution >= 0.6 is 0 Å². The molecule has 0 saturated carbocycles. The maximum Gasteiger partial charge on any atom is 0.330 e. The van der Waals surface area contributed by atoms with Crippen molar-refractivity contribution >= 4 is 34.9 Å². The zero-order valence-corrected chi connectivity index (χ0v) is 21.3. The first-order chi connectivity index (χ1) is 17.3. The van der Waals surface area contributed by atoms with Crippen LogP contribution in [0.1, 0.15) is 56.6 Å². The Bertz CT molecular complexity index is 1290. The van der Waals surface area contributed by atoms with Gasteiger partial charge in [0.25, 0.3) is 5.91 Å². The van der Waals surface area contributed by atoms with Crippen LogP contribution < -0.4 is 16.0 Å². The Balaban J connectivity index is 1.44. The topological polar surface area (TPSA) is 174 Å². The normalized spacial score (nSPS) is 17.2. The molecule has 1 aromatic carbocycles. The van der Waals surface area contributed by atoms with Gasteiger partial charge in [-0.05, 0) is 71.7 Å². The fourth-order valence-electron chi connectivity index (χ4n) is 4.73. The molecular formula is C24H30N9O4. The van der Waals surface area contributed by atoms with Crippen molar-refractivity contribution < 1.29 is 14.9 Å². The van der Waals surface area contributed by atoms with Crippen molar-refractivity contribution in [2.24, 2.45) is 0 Å². The largest absolute Gasteiger partial charge is 0.349 e. The predicted octanol–water partition coefficient (Wildman–Crippen LogP) is 4.00. The summed E-state index contributed by atoms with van der Waals surface area (Å²) in [6.45, 7) is 9.35. The van der Waals surface area contributed by atoms with Crippen molar-refractivity contribution in [3.8, 4) is 0 Å². The van der Waals surface area contributed by atoms with Crippen molar-refractivity contribution in [1.82, 2.24) is 30.5 Å². The van der Waals surface area contributed by atoms with Crippen LogP contribution in [0, 0.1) is 17.0 Å². The second-order valence-electron chi connectivity index (χ2n) is 10.4. The third-order valence-corrected chi connectivity index (χ3v) is 6.25. The van der Waals surface area contributed by atoms with E-state index in [0.29, 0.717) is 29.9 Å². The van der Waals surface area contributed by atoms with Gasteiger partial charge in [0.2, 0.25) is 11.8 Å². The first kappa shape index (κ1) is 26.0. The standard InChI is InChI=1S/C24H30N9O4/c1-14-10-19(31-30-14)28-20-18(32(35)36)13-25-22(29-20)27-16-8-6-15(7-9-16)21(34)26-17-11-23(2,3)33(37)24(4,5)12-17/h6-10,13,17H,11-12H2,1-5H3,(H,26,34)(H3,25,27,28,29,30,31). The number of H-pyrrole nitrogens is 1. The second-order valence-corrected chi connectivity index (χ2v) is 10.4. The molecule has 0 unspecified atom stereocenters. The average molecular weight is 509 g/mol. The number of nitrogens with zero attached hydrogens (tertiary/aromatic N) is 5. The number of nitro groups is 1. The van der Waals surface area contributed by atoms with Gasteiger partial charge in [-0.2, -0.15) is 10.1 Å². The number of aromatic amines is 1. The molecule has 3 heterocycles. The summed E-state index contributed by atoms with van der Waals surface area (Å²) in [5, 5.41) is 40.7. The number of carbonyl (C=O) groups excluding carboxylic acids is 1. The molecule has 0 aliphatic carbocycles. The zero-order valence-electron chi connectivity index (χ0n) is 21.3. The second kappa shape index (κ2) is 9.75. The van der Waals surface area contributed by atoms with E-state index >= 15 is 0 Å². The van der Waals surface area contributed by atoms with Crippen LogP contribution in [0.3, 0.4) is 0 Å². The van der Waals surface area contributed by atoms with Gasteiger partial charge in [0.05, 0.1) is 4.92 Å². The van der Waals surface area contributed by atoms with E-state index < -0.39 is 16.0 Å². The Labute approximate surface area is 213 Å². The van der Waals surface area contributed by atoms with Gasteiger partial charge in [-0.1, -0.05) is 0 Å². The Morgan fingerprint density at radius 2 is 1.78 bits per heavy atom. The van der Waals surface area contributed by atoms with E-state index in [9.17, 15) is 20.1 Å². The first-order valence-corrected chi connectivity index (χ1v) is 11.8. The predicted molar refractivity (Wildman–Crippen MR) is 136 cm³/mol. The van der Waals surface area contributed by atoms with E-state index in [0.717, 1.165) is 17.0 Å². The Morgan fingerprint density at radius 3 is 2.35 bits per heavy atom. The lowest BCUT2D eigenvalue weighted by Crippen LogP contribution is -2.62. The minimum absolute atomic E-state index is 0.0139. The first-order valence-electron chi connectivity index (χ1n) is 11.8.